The van der Waals surface area contributed by atoms with Crippen molar-refractivity contribution in [2.45, 2.75) is 44.8 Å². The SMILES string of the molecule is C[C@H](NC(=O)[C@H](C)N1CCC(NC(=O)c2ccccc2)CC1)c1ccccc1. The second-order valence-electron chi connectivity index (χ2n) is 7.47. The van der Waals surface area contributed by atoms with Crippen molar-refractivity contribution in [2.24, 2.45) is 0 Å². The molecule has 0 saturated carbocycles. The van der Waals surface area contributed by atoms with Crippen LogP contribution >= 0.6 is 0 Å². The van der Waals surface area contributed by atoms with Gasteiger partial charge >= 0.3 is 0 Å². The minimum atomic E-state index is -0.183. The molecule has 0 aliphatic carbocycles. The fraction of sp³-hybridized carbons (Fsp3) is 0.391. The zero-order chi connectivity index (χ0) is 19.9. The number of carbonyl (C=O) groups is 2. The van der Waals surface area contributed by atoms with Gasteiger partial charge in [0.15, 0.2) is 0 Å². The smallest absolute Gasteiger partial charge is 0.251 e. The number of likely N-dealkylation sites (tertiary alicyclic amines) is 1. The van der Waals surface area contributed by atoms with Crippen LogP contribution < -0.4 is 10.6 Å². The van der Waals surface area contributed by atoms with Gasteiger partial charge in [-0.2, -0.15) is 0 Å². The molecule has 3 rings (SSSR count). The van der Waals surface area contributed by atoms with Gasteiger partial charge in [0, 0.05) is 24.7 Å². The Balaban J connectivity index is 1.46. The topological polar surface area (TPSA) is 61.4 Å². The van der Waals surface area contributed by atoms with Crippen LogP contribution in [0.5, 0.6) is 0 Å². The molecule has 0 aromatic heterocycles. The van der Waals surface area contributed by atoms with E-state index in [1.807, 2.05) is 74.5 Å². The molecule has 0 bridgehead atoms. The summed E-state index contributed by atoms with van der Waals surface area (Å²) in [6.45, 7) is 5.56. The Kier molecular flexibility index (Phi) is 6.82. The average Bonchev–Trinajstić information content (AvgIpc) is 2.75. The number of amides is 2. The van der Waals surface area contributed by atoms with E-state index in [0.717, 1.165) is 31.5 Å². The van der Waals surface area contributed by atoms with E-state index in [-0.39, 0.29) is 29.9 Å². The van der Waals surface area contributed by atoms with Crippen molar-refractivity contribution in [3.05, 3.63) is 71.8 Å². The predicted molar refractivity (Wildman–Crippen MR) is 111 cm³/mol. The molecule has 2 aromatic carbocycles. The van der Waals surface area contributed by atoms with Crippen LogP contribution in [-0.4, -0.2) is 41.9 Å². The van der Waals surface area contributed by atoms with Gasteiger partial charge in [-0.3, -0.25) is 14.5 Å². The summed E-state index contributed by atoms with van der Waals surface area (Å²) in [6, 6.07) is 19.2. The highest BCUT2D eigenvalue weighted by Crippen LogP contribution is 2.16. The molecule has 1 aliphatic heterocycles. The highest BCUT2D eigenvalue weighted by atomic mass is 16.2. The normalized spacial score (nSPS) is 17.5. The summed E-state index contributed by atoms with van der Waals surface area (Å²) in [5, 5.41) is 6.22. The van der Waals surface area contributed by atoms with Gasteiger partial charge in [-0.1, -0.05) is 48.5 Å². The second-order valence-corrected chi connectivity index (χ2v) is 7.47. The van der Waals surface area contributed by atoms with Crippen molar-refractivity contribution >= 4 is 11.8 Å². The van der Waals surface area contributed by atoms with E-state index >= 15 is 0 Å². The number of nitrogens with zero attached hydrogens (tertiary/aromatic N) is 1. The number of rotatable bonds is 6. The zero-order valence-electron chi connectivity index (χ0n) is 16.6. The summed E-state index contributed by atoms with van der Waals surface area (Å²) in [5.74, 6) is 0.0182. The van der Waals surface area contributed by atoms with Gasteiger partial charge in [0.05, 0.1) is 12.1 Å². The molecule has 5 nitrogen and oxygen atoms in total. The molecule has 2 atom stereocenters. The van der Waals surface area contributed by atoms with Gasteiger partial charge in [-0.15, -0.1) is 0 Å². The molecular weight excluding hydrogens is 350 g/mol. The minimum absolute atomic E-state index is 0.0150. The standard InChI is InChI=1S/C23H29N3O2/c1-17(19-9-5-3-6-10-19)24-22(27)18(2)26-15-13-21(14-16-26)25-23(28)20-11-7-4-8-12-20/h3-12,17-18,21H,13-16H2,1-2H3,(H,24,27)(H,25,28)/t17-,18-/m0/s1. The molecular formula is C23H29N3O2. The van der Waals surface area contributed by atoms with Crippen LogP contribution in [0.25, 0.3) is 0 Å². The van der Waals surface area contributed by atoms with Crippen molar-refractivity contribution in [2.75, 3.05) is 13.1 Å². The molecule has 1 saturated heterocycles. The number of carbonyl (C=O) groups excluding carboxylic acids is 2. The molecule has 1 fully saturated rings. The third kappa shape index (κ3) is 5.20. The summed E-state index contributed by atoms with van der Waals surface area (Å²) in [4.78, 5) is 27.1. The first-order valence-corrected chi connectivity index (χ1v) is 10.00. The molecule has 0 spiro atoms. The maximum Gasteiger partial charge on any atom is 0.251 e. The van der Waals surface area contributed by atoms with E-state index in [0.29, 0.717) is 5.56 Å². The van der Waals surface area contributed by atoms with Crippen LogP contribution in [0.2, 0.25) is 0 Å². The molecule has 2 aromatic rings. The highest BCUT2D eigenvalue weighted by molar-refractivity contribution is 5.94. The first-order valence-electron chi connectivity index (χ1n) is 10.00. The zero-order valence-corrected chi connectivity index (χ0v) is 16.6. The number of piperidine rings is 1. The Morgan fingerprint density at radius 2 is 1.50 bits per heavy atom. The second kappa shape index (κ2) is 9.51. The molecule has 0 radical (unpaired) electrons. The van der Waals surface area contributed by atoms with Gasteiger partial charge in [-0.05, 0) is 44.4 Å². The van der Waals surface area contributed by atoms with Crippen LogP contribution in [0.15, 0.2) is 60.7 Å². The summed E-state index contributed by atoms with van der Waals surface area (Å²) >= 11 is 0. The molecule has 148 valence electrons. The third-order valence-electron chi connectivity index (χ3n) is 5.49. The third-order valence-corrected chi connectivity index (χ3v) is 5.49. The summed E-state index contributed by atoms with van der Waals surface area (Å²) in [5.41, 5.74) is 1.79. The largest absolute Gasteiger partial charge is 0.349 e. The Labute approximate surface area is 167 Å². The van der Waals surface area contributed by atoms with Crippen molar-refractivity contribution in [3.63, 3.8) is 0 Å². The van der Waals surface area contributed by atoms with Crippen molar-refractivity contribution in [1.29, 1.82) is 0 Å². The van der Waals surface area contributed by atoms with E-state index in [9.17, 15) is 9.59 Å². The fourth-order valence-corrected chi connectivity index (χ4v) is 3.61. The van der Waals surface area contributed by atoms with Gasteiger partial charge in [-0.25, -0.2) is 0 Å². The van der Waals surface area contributed by atoms with Gasteiger partial charge < -0.3 is 10.6 Å². The van der Waals surface area contributed by atoms with Crippen LogP contribution in [0.3, 0.4) is 0 Å². The van der Waals surface area contributed by atoms with E-state index in [1.54, 1.807) is 0 Å². The number of benzene rings is 2. The number of nitrogens with one attached hydrogen (secondary N) is 2. The minimum Gasteiger partial charge on any atom is -0.349 e. The lowest BCUT2D eigenvalue weighted by Crippen LogP contribution is -2.51. The first-order chi connectivity index (χ1) is 13.5. The van der Waals surface area contributed by atoms with E-state index in [1.165, 1.54) is 0 Å². The van der Waals surface area contributed by atoms with Crippen molar-refractivity contribution < 1.29 is 9.59 Å². The molecule has 2 amide bonds. The van der Waals surface area contributed by atoms with Crippen LogP contribution in [-0.2, 0) is 4.79 Å². The Hall–Kier alpha value is -2.66. The number of hydrogen-bond acceptors (Lipinski definition) is 3. The fourth-order valence-electron chi connectivity index (χ4n) is 3.61. The average molecular weight is 380 g/mol. The van der Waals surface area contributed by atoms with Crippen molar-refractivity contribution in [3.8, 4) is 0 Å². The lowest BCUT2D eigenvalue weighted by molar-refractivity contribution is -0.127. The molecule has 2 N–H and O–H groups in total. The molecule has 28 heavy (non-hydrogen) atoms. The first kappa shape index (κ1) is 20.1. The van der Waals surface area contributed by atoms with Crippen LogP contribution in [0.4, 0.5) is 0 Å². The maximum absolute atomic E-state index is 12.6. The van der Waals surface area contributed by atoms with E-state index in [4.69, 9.17) is 0 Å². The molecule has 1 aliphatic rings. The van der Waals surface area contributed by atoms with Crippen LogP contribution in [0, 0.1) is 0 Å². The Morgan fingerprint density at radius 3 is 2.11 bits per heavy atom. The summed E-state index contributed by atoms with van der Waals surface area (Å²) in [7, 11) is 0. The predicted octanol–water partition coefficient (Wildman–Crippen LogP) is 3.15. The van der Waals surface area contributed by atoms with Crippen molar-refractivity contribution in [1.82, 2.24) is 15.5 Å². The maximum atomic E-state index is 12.6. The molecule has 1 heterocycles. The quantitative estimate of drug-likeness (QED) is 0.811. The van der Waals surface area contributed by atoms with Gasteiger partial charge in [0.25, 0.3) is 5.91 Å². The lowest BCUT2D eigenvalue weighted by Gasteiger charge is -2.36. The molecule has 0 unspecified atom stereocenters. The Bertz CT molecular complexity index is 771. The summed E-state index contributed by atoms with van der Waals surface area (Å²) < 4.78 is 0. The Morgan fingerprint density at radius 1 is 0.929 bits per heavy atom. The monoisotopic (exact) mass is 379 g/mol. The lowest BCUT2D eigenvalue weighted by atomic mass is 10.0. The number of hydrogen-bond donors (Lipinski definition) is 2. The summed E-state index contributed by atoms with van der Waals surface area (Å²) in [6.07, 6.45) is 1.70. The van der Waals surface area contributed by atoms with Gasteiger partial charge in [0.1, 0.15) is 0 Å². The molecule has 5 heteroatoms. The highest BCUT2D eigenvalue weighted by Gasteiger charge is 2.28. The van der Waals surface area contributed by atoms with E-state index in [2.05, 4.69) is 15.5 Å². The van der Waals surface area contributed by atoms with E-state index < -0.39 is 0 Å². The van der Waals surface area contributed by atoms with Crippen LogP contribution in [0.1, 0.15) is 48.7 Å². The van der Waals surface area contributed by atoms with Gasteiger partial charge in [0.2, 0.25) is 5.91 Å².